The van der Waals surface area contributed by atoms with Crippen LogP contribution in [0.4, 0.5) is 0 Å². The molecule has 25 heavy (non-hydrogen) atoms. The Morgan fingerprint density at radius 2 is 2.20 bits per heavy atom. The van der Waals surface area contributed by atoms with Gasteiger partial charge in [0.15, 0.2) is 5.89 Å². The number of aromatic nitrogens is 1. The van der Waals surface area contributed by atoms with E-state index in [2.05, 4.69) is 4.98 Å². The molecule has 5 nitrogen and oxygen atoms in total. The molecule has 0 saturated carbocycles. The van der Waals surface area contributed by atoms with Gasteiger partial charge in [0, 0.05) is 31.1 Å². The number of amides is 1. The van der Waals surface area contributed by atoms with Crippen LogP contribution in [0.5, 0.6) is 0 Å². The molecular formula is C19H23ClN2O3. The normalized spacial score (nSPS) is 17.7. The average molecular weight is 363 g/mol. The summed E-state index contributed by atoms with van der Waals surface area (Å²) in [7, 11) is 0. The van der Waals surface area contributed by atoms with Crippen molar-refractivity contribution in [2.75, 3.05) is 26.3 Å². The molecule has 0 bridgehead atoms. The number of likely N-dealkylation sites (tertiary alicyclic amines) is 1. The number of nitrogens with zero attached hydrogens (tertiary/aromatic N) is 2. The van der Waals surface area contributed by atoms with Crippen LogP contribution in [0.25, 0.3) is 0 Å². The second kappa shape index (κ2) is 8.50. The van der Waals surface area contributed by atoms with Crippen LogP contribution < -0.4 is 0 Å². The molecule has 1 aliphatic heterocycles. The Labute approximate surface area is 152 Å². The molecule has 1 atom stereocenters. The van der Waals surface area contributed by atoms with Crippen LogP contribution in [0.3, 0.4) is 0 Å². The lowest BCUT2D eigenvalue weighted by Crippen LogP contribution is -2.41. The molecule has 0 N–H and O–H groups in total. The summed E-state index contributed by atoms with van der Waals surface area (Å²) in [5, 5.41) is 0.723. The largest absolute Gasteiger partial charge is 0.445 e. The number of hydrogen-bond donors (Lipinski definition) is 0. The first-order chi connectivity index (χ1) is 12.2. The summed E-state index contributed by atoms with van der Waals surface area (Å²) in [6.07, 6.45) is 4.41. The average Bonchev–Trinajstić information content (AvgIpc) is 3.10. The highest BCUT2D eigenvalue weighted by Gasteiger charge is 2.27. The first-order valence-corrected chi connectivity index (χ1v) is 9.08. The first kappa shape index (κ1) is 18.0. The number of rotatable bonds is 6. The highest BCUT2D eigenvalue weighted by Crippen LogP contribution is 2.27. The fraction of sp³-hybridized carbons (Fsp3) is 0.474. The molecule has 1 aromatic carbocycles. The summed E-state index contributed by atoms with van der Waals surface area (Å²) in [4.78, 5) is 18.4. The predicted octanol–water partition coefficient (Wildman–Crippen LogP) is 3.66. The van der Waals surface area contributed by atoms with Gasteiger partial charge < -0.3 is 14.1 Å². The van der Waals surface area contributed by atoms with Crippen LogP contribution in [-0.2, 0) is 16.0 Å². The molecule has 1 amide bonds. The van der Waals surface area contributed by atoms with Gasteiger partial charge in [-0.2, -0.15) is 0 Å². The molecular weight excluding hydrogens is 340 g/mol. The monoisotopic (exact) mass is 362 g/mol. The van der Waals surface area contributed by atoms with Crippen LogP contribution in [0.1, 0.15) is 42.9 Å². The summed E-state index contributed by atoms with van der Waals surface area (Å²) in [5.74, 6) is 1.74. The van der Waals surface area contributed by atoms with Gasteiger partial charge in [0.05, 0.1) is 12.1 Å². The van der Waals surface area contributed by atoms with Gasteiger partial charge in [-0.05, 0) is 37.5 Å². The summed E-state index contributed by atoms with van der Waals surface area (Å²) in [5.41, 5.74) is 1.13. The predicted molar refractivity (Wildman–Crippen MR) is 95.8 cm³/mol. The second-order valence-corrected chi connectivity index (χ2v) is 6.72. The van der Waals surface area contributed by atoms with E-state index in [0.29, 0.717) is 19.6 Å². The first-order valence-electron chi connectivity index (χ1n) is 8.70. The minimum absolute atomic E-state index is 0.0412. The molecule has 1 fully saturated rings. The van der Waals surface area contributed by atoms with Crippen LogP contribution in [0.2, 0.25) is 5.02 Å². The van der Waals surface area contributed by atoms with Gasteiger partial charge in [0.1, 0.15) is 12.4 Å². The molecule has 1 aromatic heterocycles. The van der Waals surface area contributed by atoms with E-state index >= 15 is 0 Å². The maximum absolute atomic E-state index is 12.1. The number of ether oxygens (including phenoxy) is 1. The summed E-state index contributed by atoms with van der Waals surface area (Å²) >= 11 is 5.91. The molecule has 3 rings (SSSR count). The van der Waals surface area contributed by atoms with Gasteiger partial charge in [0.2, 0.25) is 5.91 Å². The van der Waals surface area contributed by atoms with E-state index in [1.54, 1.807) is 6.20 Å². The fourth-order valence-corrected chi connectivity index (χ4v) is 3.21. The summed E-state index contributed by atoms with van der Waals surface area (Å²) < 4.78 is 11.2. The number of halogens is 1. The smallest absolute Gasteiger partial charge is 0.248 e. The lowest BCUT2D eigenvalue weighted by molar-refractivity contribution is -0.137. The van der Waals surface area contributed by atoms with Crippen molar-refractivity contribution in [3.8, 4) is 0 Å². The van der Waals surface area contributed by atoms with E-state index in [9.17, 15) is 4.79 Å². The minimum atomic E-state index is 0.0412. The van der Waals surface area contributed by atoms with E-state index in [4.69, 9.17) is 20.8 Å². The summed E-state index contributed by atoms with van der Waals surface area (Å²) in [6, 6.07) is 7.72. The van der Waals surface area contributed by atoms with E-state index < -0.39 is 0 Å². The molecule has 0 spiro atoms. The van der Waals surface area contributed by atoms with Crippen molar-refractivity contribution in [3.63, 3.8) is 0 Å². The van der Waals surface area contributed by atoms with Crippen molar-refractivity contribution in [2.24, 2.45) is 0 Å². The maximum atomic E-state index is 12.1. The minimum Gasteiger partial charge on any atom is -0.445 e. The number of carbonyl (C=O) groups is 1. The van der Waals surface area contributed by atoms with E-state index in [-0.39, 0.29) is 18.4 Å². The highest BCUT2D eigenvalue weighted by atomic mass is 35.5. The van der Waals surface area contributed by atoms with Crippen LogP contribution in [0.15, 0.2) is 34.9 Å². The lowest BCUT2D eigenvalue weighted by atomic mass is 9.98. The van der Waals surface area contributed by atoms with Crippen molar-refractivity contribution in [2.45, 2.75) is 32.1 Å². The molecule has 2 heterocycles. The Bertz CT molecular complexity index is 699. The van der Waals surface area contributed by atoms with E-state index in [1.165, 1.54) is 0 Å². The number of oxazole rings is 1. The molecule has 1 unspecified atom stereocenters. The number of piperidine rings is 1. The van der Waals surface area contributed by atoms with Crippen LogP contribution >= 0.6 is 11.6 Å². The van der Waals surface area contributed by atoms with Gasteiger partial charge in [-0.1, -0.05) is 23.7 Å². The Kier molecular flexibility index (Phi) is 6.10. The Morgan fingerprint density at radius 1 is 1.40 bits per heavy atom. The Morgan fingerprint density at radius 3 is 2.96 bits per heavy atom. The van der Waals surface area contributed by atoms with Crippen molar-refractivity contribution < 1.29 is 13.9 Å². The van der Waals surface area contributed by atoms with Gasteiger partial charge in [-0.15, -0.1) is 0 Å². The quantitative estimate of drug-likeness (QED) is 0.786. The molecule has 2 aromatic rings. The second-order valence-electron chi connectivity index (χ2n) is 6.28. The molecule has 6 heteroatoms. The standard InChI is InChI=1S/C19H23ClN2O3/c1-2-24-13-18(23)22-9-3-4-15(12-22)19-21-11-17(25-19)10-14-5-7-16(20)8-6-14/h5-8,11,15H,2-4,9-10,12-13H2,1H3. The molecule has 1 saturated heterocycles. The lowest BCUT2D eigenvalue weighted by Gasteiger charge is -2.31. The van der Waals surface area contributed by atoms with Gasteiger partial charge >= 0.3 is 0 Å². The highest BCUT2D eigenvalue weighted by molar-refractivity contribution is 6.30. The third kappa shape index (κ3) is 4.83. The molecule has 0 aliphatic carbocycles. The topological polar surface area (TPSA) is 55.6 Å². The van der Waals surface area contributed by atoms with Crippen LogP contribution in [-0.4, -0.2) is 42.1 Å². The molecule has 1 aliphatic rings. The molecule has 134 valence electrons. The van der Waals surface area contributed by atoms with Gasteiger partial charge in [-0.3, -0.25) is 4.79 Å². The maximum Gasteiger partial charge on any atom is 0.248 e. The molecule has 0 radical (unpaired) electrons. The third-order valence-corrected chi connectivity index (χ3v) is 4.67. The van der Waals surface area contributed by atoms with Gasteiger partial charge in [-0.25, -0.2) is 4.98 Å². The zero-order chi connectivity index (χ0) is 17.6. The number of benzene rings is 1. The zero-order valence-electron chi connectivity index (χ0n) is 14.4. The van der Waals surface area contributed by atoms with Gasteiger partial charge in [0.25, 0.3) is 0 Å². The van der Waals surface area contributed by atoms with E-state index in [1.807, 2.05) is 36.1 Å². The zero-order valence-corrected chi connectivity index (χ0v) is 15.2. The number of hydrogen-bond acceptors (Lipinski definition) is 4. The fourth-order valence-electron chi connectivity index (χ4n) is 3.08. The van der Waals surface area contributed by atoms with Crippen molar-refractivity contribution >= 4 is 17.5 Å². The van der Waals surface area contributed by atoms with Crippen molar-refractivity contribution in [1.82, 2.24) is 9.88 Å². The van der Waals surface area contributed by atoms with Crippen molar-refractivity contribution in [3.05, 3.63) is 52.7 Å². The van der Waals surface area contributed by atoms with Crippen molar-refractivity contribution in [1.29, 1.82) is 0 Å². The van der Waals surface area contributed by atoms with E-state index in [0.717, 1.165) is 41.6 Å². The Hall–Kier alpha value is -1.85. The SMILES string of the molecule is CCOCC(=O)N1CCCC(c2ncc(Cc3ccc(Cl)cc3)o2)C1. The Balaban J connectivity index is 1.61. The third-order valence-electron chi connectivity index (χ3n) is 4.42. The van der Waals surface area contributed by atoms with Crippen LogP contribution in [0, 0.1) is 0 Å². The summed E-state index contributed by atoms with van der Waals surface area (Å²) in [6.45, 7) is 4.02. The number of carbonyl (C=O) groups excluding carboxylic acids is 1.